The van der Waals surface area contributed by atoms with E-state index in [1.807, 2.05) is 0 Å². The number of nitrogens with one attached hydrogen (secondary N) is 1. The van der Waals surface area contributed by atoms with E-state index in [0.29, 0.717) is 6.29 Å². The molecule has 0 bridgehead atoms. The van der Waals surface area contributed by atoms with Crippen molar-refractivity contribution in [3.63, 3.8) is 0 Å². The van der Waals surface area contributed by atoms with Gasteiger partial charge in [-0.05, 0) is 36.4 Å². The van der Waals surface area contributed by atoms with Gasteiger partial charge in [0.05, 0.1) is 10.5 Å². The van der Waals surface area contributed by atoms with Crippen LogP contribution in [0.3, 0.4) is 0 Å². The SMILES string of the molecule is O=Cc1ccc(OCC(=O)Nc2ccc(C(F)(F)F)cc2)c([N+](=O)[O-])c1. The average Bonchev–Trinajstić information content (AvgIpc) is 2.59. The lowest BCUT2D eigenvalue weighted by atomic mass is 10.2. The standard InChI is InChI=1S/C16H11F3N2O5/c17-16(18,19)11-2-4-12(5-3-11)20-15(23)9-26-14-6-1-10(8-22)7-13(14)21(24)25/h1-8H,9H2,(H,20,23). The van der Waals surface area contributed by atoms with Crippen LogP contribution in [0.15, 0.2) is 42.5 Å². The molecule has 0 spiro atoms. The Kier molecular flexibility index (Phi) is 5.55. The summed E-state index contributed by atoms with van der Waals surface area (Å²) in [7, 11) is 0. The summed E-state index contributed by atoms with van der Waals surface area (Å²) in [6.45, 7) is -0.609. The molecule has 0 saturated carbocycles. The van der Waals surface area contributed by atoms with Gasteiger partial charge in [0.2, 0.25) is 0 Å². The van der Waals surface area contributed by atoms with Crippen LogP contribution in [0.1, 0.15) is 15.9 Å². The van der Waals surface area contributed by atoms with Crippen LogP contribution in [0, 0.1) is 10.1 Å². The minimum atomic E-state index is -4.49. The molecule has 1 amide bonds. The Hall–Kier alpha value is -3.43. The van der Waals surface area contributed by atoms with E-state index in [9.17, 15) is 32.9 Å². The predicted molar refractivity (Wildman–Crippen MR) is 84.1 cm³/mol. The van der Waals surface area contributed by atoms with Gasteiger partial charge in [-0.3, -0.25) is 19.7 Å². The van der Waals surface area contributed by atoms with Crippen LogP contribution in [0.2, 0.25) is 0 Å². The van der Waals surface area contributed by atoms with Gasteiger partial charge in [-0.2, -0.15) is 13.2 Å². The summed E-state index contributed by atoms with van der Waals surface area (Å²) in [5.74, 6) is -0.943. The minimum absolute atomic E-state index is 0.0678. The molecule has 0 aliphatic carbocycles. The predicted octanol–water partition coefficient (Wildman–Crippen LogP) is 3.44. The average molecular weight is 368 g/mol. The van der Waals surface area contributed by atoms with Gasteiger partial charge in [-0.15, -0.1) is 0 Å². The second-order valence-corrected chi connectivity index (χ2v) is 5.01. The summed E-state index contributed by atoms with van der Waals surface area (Å²) < 4.78 is 42.5. The number of carbonyl (C=O) groups excluding carboxylic acids is 2. The zero-order chi connectivity index (χ0) is 19.3. The first-order chi connectivity index (χ1) is 12.2. The number of halogens is 3. The fourth-order valence-corrected chi connectivity index (χ4v) is 1.96. The normalized spacial score (nSPS) is 10.9. The van der Waals surface area contributed by atoms with Crippen LogP contribution < -0.4 is 10.1 Å². The second-order valence-electron chi connectivity index (χ2n) is 5.01. The maximum atomic E-state index is 12.5. The summed E-state index contributed by atoms with van der Waals surface area (Å²) in [6.07, 6.45) is -4.06. The lowest BCUT2D eigenvalue weighted by molar-refractivity contribution is -0.385. The van der Waals surface area contributed by atoms with E-state index in [1.54, 1.807) is 0 Å². The molecule has 0 aromatic heterocycles. The first kappa shape index (κ1) is 18.9. The van der Waals surface area contributed by atoms with E-state index < -0.39 is 34.9 Å². The quantitative estimate of drug-likeness (QED) is 0.478. The van der Waals surface area contributed by atoms with Gasteiger partial charge >= 0.3 is 11.9 Å². The third kappa shape index (κ3) is 4.79. The number of rotatable bonds is 6. The van der Waals surface area contributed by atoms with Crippen LogP contribution in [-0.4, -0.2) is 23.7 Å². The number of nitro benzene ring substituents is 1. The number of nitrogens with zero attached hydrogens (tertiary/aromatic N) is 1. The van der Waals surface area contributed by atoms with E-state index in [1.165, 1.54) is 12.1 Å². The van der Waals surface area contributed by atoms with Crippen molar-refractivity contribution >= 4 is 23.6 Å². The summed E-state index contributed by atoms with van der Waals surface area (Å²) in [5, 5.41) is 13.3. The van der Waals surface area contributed by atoms with E-state index in [0.717, 1.165) is 30.3 Å². The van der Waals surface area contributed by atoms with Crippen LogP contribution in [0.4, 0.5) is 24.5 Å². The molecule has 26 heavy (non-hydrogen) atoms. The van der Waals surface area contributed by atoms with E-state index in [2.05, 4.69) is 5.32 Å². The third-order valence-corrected chi connectivity index (χ3v) is 3.17. The van der Waals surface area contributed by atoms with Crippen molar-refractivity contribution in [1.29, 1.82) is 0 Å². The molecular formula is C16H11F3N2O5. The number of hydrogen-bond acceptors (Lipinski definition) is 5. The van der Waals surface area contributed by atoms with Crippen molar-refractivity contribution in [2.75, 3.05) is 11.9 Å². The summed E-state index contributed by atoms with van der Waals surface area (Å²) in [5.41, 5.74) is -1.18. The number of aldehydes is 1. The number of alkyl halides is 3. The van der Waals surface area contributed by atoms with Crippen LogP contribution >= 0.6 is 0 Å². The Morgan fingerprint density at radius 3 is 2.38 bits per heavy atom. The van der Waals surface area contributed by atoms with Gasteiger partial charge in [-0.25, -0.2) is 0 Å². The zero-order valence-corrected chi connectivity index (χ0v) is 12.9. The Labute approximate surface area is 144 Å². The molecule has 0 fully saturated rings. The molecule has 10 heteroatoms. The maximum Gasteiger partial charge on any atom is 0.416 e. The monoisotopic (exact) mass is 368 g/mol. The van der Waals surface area contributed by atoms with Gasteiger partial charge in [0.25, 0.3) is 5.91 Å². The summed E-state index contributed by atoms with van der Waals surface area (Å²) >= 11 is 0. The largest absolute Gasteiger partial charge is 0.477 e. The molecule has 7 nitrogen and oxygen atoms in total. The first-order valence-corrected chi connectivity index (χ1v) is 7.04. The van der Waals surface area contributed by atoms with Crippen molar-refractivity contribution < 1.29 is 32.4 Å². The van der Waals surface area contributed by atoms with Crippen molar-refractivity contribution in [3.05, 3.63) is 63.7 Å². The Morgan fingerprint density at radius 1 is 1.19 bits per heavy atom. The minimum Gasteiger partial charge on any atom is -0.477 e. The third-order valence-electron chi connectivity index (χ3n) is 3.17. The van der Waals surface area contributed by atoms with Crippen LogP contribution in [-0.2, 0) is 11.0 Å². The molecule has 2 aromatic carbocycles. The van der Waals surface area contributed by atoms with E-state index >= 15 is 0 Å². The smallest absolute Gasteiger partial charge is 0.416 e. The summed E-state index contributed by atoms with van der Waals surface area (Å²) in [4.78, 5) is 32.6. The van der Waals surface area contributed by atoms with Gasteiger partial charge in [0, 0.05) is 17.3 Å². The highest BCUT2D eigenvalue weighted by Crippen LogP contribution is 2.30. The van der Waals surface area contributed by atoms with Crippen LogP contribution in [0.25, 0.3) is 0 Å². The molecule has 0 heterocycles. The zero-order valence-electron chi connectivity index (χ0n) is 12.9. The van der Waals surface area contributed by atoms with E-state index in [-0.39, 0.29) is 17.0 Å². The molecule has 0 aliphatic rings. The number of hydrogen-bond donors (Lipinski definition) is 1. The lowest BCUT2D eigenvalue weighted by Gasteiger charge is -2.10. The molecule has 0 atom stereocenters. The van der Waals surface area contributed by atoms with Gasteiger partial charge < -0.3 is 10.1 Å². The summed E-state index contributed by atoms with van der Waals surface area (Å²) in [6, 6.07) is 7.20. The van der Waals surface area contributed by atoms with Crippen molar-refractivity contribution in [3.8, 4) is 5.75 Å². The highest BCUT2D eigenvalue weighted by molar-refractivity contribution is 5.92. The molecule has 2 aromatic rings. The first-order valence-electron chi connectivity index (χ1n) is 7.04. The topological polar surface area (TPSA) is 98.5 Å². The number of anilines is 1. The van der Waals surface area contributed by atoms with Crippen molar-refractivity contribution in [1.82, 2.24) is 0 Å². The Morgan fingerprint density at radius 2 is 1.85 bits per heavy atom. The molecular weight excluding hydrogens is 357 g/mol. The maximum absolute atomic E-state index is 12.5. The van der Waals surface area contributed by atoms with Gasteiger partial charge in [0.15, 0.2) is 12.4 Å². The lowest BCUT2D eigenvalue weighted by Crippen LogP contribution is -2.20. The fraction of sp³-hybridized carbons (Fsp3) is 0.125. The Bertz CT molecular complexity index is 835. The number of carbonyl (C=O) groups is 2. The molecule has 0 unspecified atom stereocenters. The number of ether oxygens (including phenoxy) is 1. The van der Waals surface area contributed by atoms with Gasteiger partial charge in [0.1, 0.15) is 6.29 Å². The number of nitro groups is 1. The molecule has 1 N–H and O–H groups in total. The number of benzene rings is 2. The van der Waals surface area contributed by atoms with Crippen molar-refractivity contribution in [2.24, 2.45) is 0 Å². The van der Waals surface area contributed by atoms with Crippen LogP contribution in [0.5, 0.6) is 5.75 Å². The molecule has 0 saturated heterocycles. The van der Waals surface area contributed by atoms with Crippen molar-refractivity contribution in [2.45, 2.75) is 6.18 Å². The Balaban J connectivity index is 2.01. The highest BCUT2D eigenvalue weighted by Gasteiger charge is 2.30. The second kappa shape index (κ2) is 7.64. The molecule has 0 aliphatic heterocycles. The molecule has 136 valence electrons. The van der Waals surface area contributed by atoms with Gasteiger partial charge in [-0.1, -0.05) is 0 Å². The fourth-order valence-electron chi connectivity index (χ4n) is 1.96. The number of amides is 1. The molecule has 2 rings (SSSR count). The highest BCUT2D eigenvalue weighted by atomic mass is 19.4. The van der Waals surface area contributed by atoms with E-state index in [4.69, 9.17) is 4.74 Å². The molecule has 0 radical (unpaired) electrons.